The highest BCUT2D eigenvalue weighted by atomic mass is 16.5. The monoisotopic (exact) mass is 371 g/mol. The van der Waals surface area contributed by atoms with Crippen LogP contribution >= 0.6 is 0 Å². The number of aliphatic imine (C=N–C) groups is 1. The second-order valence-corrected chi connectivity index (χ2v) is 6.76. The quantitative estimate of drug-likeness (QED) is 0.403. The molecule has 0 aliphatic carbocycles. The van der Waals surface area contributed by atoms with Crippen LogP contribution in [0.15, 0.2) is 29.3 Å². The summed E-state index contributed by atoms with van der Waals surface area (Å²) in [5.74, 6) is 1.78. The fourth-order valence-corrected chi connectivity index (χ4v) is 2.80. The Balaban J connectivity index is 1.73. The Labute approximate surface area is 163 Å². The first-order chi connectivity index (χ1) is 13.0. The number of ether oxygens (including phenoxy) is 1. The van der Waals surface area contributed by atoms with Crippen LogP contribution in [0.1, 0.15) is 42.3 Å². The summed E-state index contributed by atoms with van der Waals surface area (Å²) in [6, 6.07) is 8.18. The van der Waals surface area contributed by atoms with Gasteiger partial charge in [0.25, 0.3) is 0 Å². The van der Waals surface area contributed by atoms with E-state index in [1.807, 2.05) is 30.8 Å². The number of nitrogens with zero attached hydrogens (tertiary/aromatic N) is 3. The van der Waals surface area contributed by atoms with Crippen molar-refractivity contribution in [1.82, 2.24) is 20.4 Å². The van der Waals surface area contributed by atoms with Gasteiger partial charge >= 0.3 is 0 Å². The number of aryl methyl sites for hydroxylation is 3. The highest BCUT2D eigenvalue weighted by Crippen LogP contribution is 2.13. The van der Waals surface area contributed by atoms with Crippen LogP contribution in [-0.2, 0) is 13.6 Å². The van der Waals surface area contributed by atoms with Crippen LogP contribution in [0.5, 0.6) is 5.75 Å². The maximum atomic E-state index is 5.77. The van der Waals surface area contributed by atoms with E-state index in [-0.39, 0.29) is 0 Å². The predicted molar refractivity (Wildman–Crippen MR) is 111 cm³/mol. The topological polar surface area (TPSA) is 63.5 Å². The Morgan fingerprint density at radius 2 is 1.85 bits per heavy atom. The minimum absolute atomic E-state index is 0.636. The lowest BCUT2D eigenvalue weighted by molar-refractivity contribution is 0.307. The Kier molecular flexibility index (Phi) is 8.17. The number of guanidine groups is 1. The zero-order chi connectivity index (χ0) is 19.6. The summed E-state index contributed by atoms with van der Waals surface area (Å²) in [4.78, 5) is 4.70. The molecule has 6 heteroatoms. The van der Waals surface area contributed by atoms with E-state index in [4.69, 9.17) is 9.73 Å². The van der Waals surface area contributed by atoms with Crippen molar-refractivity contribution in [3.63, 3.8) is 0 Å². The number of unbranched alkanes of at least 4 members (excludes halogenated alkanes) is 1. The van der Waals surface area contributed by atoms with Crippen LogP contribution in [0.4, 0.5) is 0 Å². The minimum Gasteiger partial charge on any atom is -0.494 e. The molecule has 2 N–H and O–H groups in total. The van der Waals surface area contributed by atoms with Gasteiger partial charge in [-0.3, -0.25) is 4.68 Å². The Morgan fingerprint density at radius 1 is 1.11 bits per heavy atom. The minimum atomic E-state index is 0.636. The van der Waals surface area contributed by atoms with Crippen molar-refractivity contribution in [2.75, 3.05) is 19.7 Å². The molecule has 6 nitrogen and oxygen atoms in total. The largest absolute Gasteiger partial charge is 0.494 e. The fourth-order valence-electron chi connectivity index (χ4n) is 2.80. The fraction of sp³-hybridized carbons (Fsp3) is 0.524. The molecule has 0 saturated heterocycles. The summed E-state index contributed by atoms with van der Waals surface area (Å²) in [6.07, 6.45) is 2.03. The zero-order valence-corrected chi connectivity index (χ0v) is 17.3. The smallest absolute Gasteiger partial charge is 0.191 e. The number of benzene rings is 1. The average Bonchev–Trinajstić information content (AvgIpc) is 2.89. The molecule has 1 aromatic heterocycles. The van der Waals surface area contributed by atoms with E-state index in [1.165, 1.54) is 16.8 Å². The van der Waals surface area contributed by atoms with Crippen molar-refractivity contribution in [3.05, 3.63) is 46.8 Å². The number of nitrogens with one attached hydrogen (secondary N) is 2. The van der Waals surface area contributed by atoms with E-state index in [9.17, 15) is 0 Å². The van der Waals surface area contributed by atoms with E-state index in [1.54, 1.807) is 0 Å². The third-order valence-electron chi connectivity index (χ3n) is 4.55. The molecule has 0 unspecified atom stereocenters. The summed E-state index contributed by atoms with van der Waals surface area (Å²) in [5, 5.41) is 11.2. The van der Waals surface area contributed by atoms with Gasteiger partial charge in [-0.15, -0.1) is 0 Å². The predicted octanol–water partition coefficient (Wildman–Crippen LogP) is 3.26. The summed E-state index contributed by atoms with van der Waals surface area (Å²) in [7, 11) is 1.97. The molecule has 0 radical (unpaired) electrons. The Hall–Kier alpha value is -2.50. The molecule has 0 aliphatic rings. The first-order valence-corrected chi connectivity index (χ1v) is 9.72. The standard InChI is InChI=1S/C21H33N5O/c1-6-22-21(24-15-20-17(3)25-26(5)18(20)4)23-13-7-8-14-27-19-11-9-16(2)10-12-19/h9-12H,6-8,13-15H2,1-5H3,(H2,22,23,24). The third kappa shape index (κ3) is 6.62. The summed E-state index contributed by atoms with van der Waals surface area (Å²) in [5.41, 5.74) is 4.66. The van der Waals surface area contributed by atoms with Gasteiger partial charge in [0, 0.05) is 31.4 Å². The van der Waals surface area contributed by atoms with Crippen LogP contribution in [-0.4, -0.2) is 35.4 Å². The number of aromatic nitrogens is 2. The van der Waals surface area contributed by atoms with Crippen molar-refractivity contribution in [3.8, 4) is 5.75 Å². The van der Waals surface area contributed by atoms with Crippen molar-refractivity contribution in [2.45, 2.75) is 47.1 Å². The van der Waals surface area contributed by atoms with Gasteiger partial charge in [-0.05, 0) is 52.7 Å². The van der Waals surface area contributed by atoms with Gasteiger partial charge in [-0.1, -0.05) is 17.7 Å². The second-order valence-electron chi connectivity index (χ2n) is 6.76. The van der Waals surface area contributed by atoms with Crippen molar-refractivity contribution >= 4 is 5.96 Å². The van der Waals surface area contributed by atoms with Gasteiger partial charge in [0.05, 0.1) is 18.8 Å². The molecule has 0 bridgehead atoms. The summed E-state index contributed by atoms with van der Waals surface area (Å²) < 4.78 is 7.68. The van der Waals surface area contributed by atoms with Gasteiger partial charge < -0.3 is 15.4 Å². The molecule has 0 amide bonds. The Bertz CT molecular complexity index is 734. The van der Waals surface area contributed by atoms with Crippen LogP contribution in [0.3, 0.4) is 0 Å². The molecule has 2 aromatic rings. The van der Waals surface area contributed by atoms with Crippen LogP contribution < -0.4 is 15.4 Å². The van der Waals surface area contributed by atoms with Crippen molar-refractivity contribution in [1.29, 1.82) is 0 Å². The molecular formula is C21H33N5O. The highest BCUT2D eigenvalue weighted by molar-refractivity contribution is 5.79. The van der Waals surface area contributed by atoms with Gasteiger partial charge in [-0.2, -0.15) is 5.10 Å². The lowest BCUT2D eigenvalue weighted by atomic mass is 10.2. The molecule has 0 atom stereocenters. The second kappa shape index (κ2) is 10.6. The molecule has 0 saturated carbocycles. The molecule has 0 aliphatic heterocycles. The van der Waals surface area contributed by atoms with Crippen LogP contribution in [0.2, 0.25) is 0 Å². The SMILES string of the molecule is CCNC(=NCc1c(C)nn(C)c1C)NCCCCOc1ccc(C)cc1. The molecule has 148 valence electrons. The van der Waals surface area contributed by atoms with Crippen molar-refractivity contribution in [2.24, 2.45) is 12.0 Å². The first kappa shape index (κ1) is 20.8. The van der Waals surface area contributed by atoms with Crippen molar-refractivity contribution < 1.29 is 4.74 Å². The number of hydrogen-bond donors (Lipinski definition) is 2. The maximum Gasteiger partial charge on any atom is 0.191 e. The number of hydrogen-bond acceptors (Lipinski definition) is 3. The van der Waals surface area contributed by atoms with Crippen LogP contribution in [0.25, 0.3) is 0 Å². The summed E-state index contributed by atoms with van der Waals surface area (Å²) in [6.45, 7) is 11.3. The third-order valence-corrected chi connectivity index (χ3v) is 4.55. The van der Waals surface area contributed by atoms with Gasteiger partial charge in [0.2, 0.25) is 0 Å². The van der Waals surface area contributed by atoms with E-state index in [0.29, 0.717) is 6.54 Å². The van der Waals surface area contributed by atoms with Gasteiger partial charge in [-0.25, -0.2) is 4.99 Å². The maximum absolute atomic E-state index is 5.77. The zero-order valence-electron chi connectivity index (χ0n) is 17.3. The van der Waals surface area contributed by atoms with E-state index in [0.717, 1.165) is 49.9 Å². The molecule has 1 heterocycles. The van der Waals surface area contributed by atoms with Gasteiger partial charge in [0.1, 0.15) is 5.75 Å². The first-order valence-electron chi connectivity index (χ1n) is 9.72. The average molecular weight is 372 g/mol. The molecule has 0 fully saturated rings. The summed E-state index contributed by atoms with van der Waals surface area (Å²) >= 11 is 0. The molecule has 27 heavy (non-hydrogen) atoms. The van der Waals surface area contributed by atoms with E-state index in [2.05, 4.69) is 48.6 Å². The Morgan fingerprint density at radius 3 is 2.48 bits per heavy atom. The van der Waals surface area contributed by atoms with Gasteiger partial charge in [0.15, 0.2) is 5.96 Å². The molecular weight excluding hydrogens is 338 g/mol. The van der Waals surface area contributed by atoms with Crippen LogP contribution in [0, 0.1) is 20.8 Å². The molecule has 1 aromatic carbocycles. The van der Waals surface area contributed by atoms with E-state index >= 15 is 0 Å². The molecule has 0 spiro atoms. The number of rotatable bonds is 9. The van der Waals surface area contributed by atoms with E-state index < -0.39 is 0 Å². The molecule has 2 rings (SSSR count). The highest BCUT2D eigenvalue weighted by Gasteiger charge is 2.08. The lowest BCUT2D eigenvalue weighted by Gasteiger charge is -2.12. The normalized spacial score (nSPS) is 11.5. The lowest BCUT2D eigenvalue weighted by Crippen LogP contribution is -2.37.